The van der Waals surface area contributed by atoms with E-state index in [-0.39, 0.29) is 35.1 Å². The molecule has 2 aromatic rings. The van der Waals surface area contributed by atoms with Gasteiger partial charge in [-0.15, -0.1) is 0 Å². The highest BCUT2D eigenvalue weighted by molar-refractivity contribution is 9.11. The van der Waals surface area contributed by atoms with E-state index in [1.54, 1.807) is 26.0 Å². The fraction of sp³-hybridized carbons (Fsp3) is 0.188. The third-order valence-electron chi connectivity index (χ3n) is 3.04. The van der Waals surface area contributed by atoms with Gasteiger partial charge in [-0.1, -0.05) is 15.9 Å². The summed E-state index contributed by atoms with van der Waals surface area (Å²) >= 11 is 6.54. The lowest BCUT2D eigenvalue weighted by molar-refractivity contribution is 0.0524. The van der Waals surface area contributed by atoms with Gasteiger partial charge in [0.25, 0.3) is 0 Å². The summed E-state index contributed by atoms with van der Waals surface area (Å²) in [6, 6.07) is 5.24. The van der Waals surface area contributed by atoms with Crippen molar-refractivity contribution in [2.75, 3.05) is 6.61 Å². The zero-order valence-corrected chi connectivity index (χ0v) is 15.9. The number of aromatic hydroxyl groups is 1. The molecule has 0 amide bonds. The molecular formula is C16H12Br2N2O4. The highest BCUT2D eigenvalue weighted by Gasteiger charge is 2.24. The Hall–Kier alpha value is -2.11. The maximum atomic E-state index is 11.9. The summed E-state index contributed by atoms with van der Waals surface area (Å²) in [7, 11) is 0. The zero-order valence-electron chi connectivity index (χ0n) is 12.8. The standard InChI is InChI=1S/C16H12Br2N2O4/c1-3-23-16(22)13-8(2)24-15(11(13)6-19)20-7-9-4-10(17)5-12(18)14(9)21/h4-5,7,21H,3H2,1-2H3/b20-7+. The average molecular weight is 456 g/mol. The summed E-state index contributed by atoms with van der Waals surface area (Å²) in [6.45, 7) is 3.42. The van der Waals surface area contributed by atoms with Crippen molar-refractivity contribution >= 4 is 49.9 Å². The van der Waals surface area contributed by atoms with Crippen molar-refractivity contribution in [1.82, 2.24) is 0 Å². The number of hydrogen-bond donors (Lipinski definition) is 1. The first kappa shape index (κ1) is 18.2. The van der Waals surface area contributed by atoms with Gasteiger partial charge in [0.2, 0.25) is 5.88 Å². The number of nitrogens with zero attached hydrogens (tertiary/aromatic N) is 2. The number of aliphatic imine (C=N–C) groups is 1. The van der Waals surface area contributed by atoms with E-state index in [2.05, 4.69) is 36.9 Å². The number of aryl methyl sites for hydroxylation is 1. The van der Waals surface area contributed by atoms with Crippen LogP contribution in [-0.4, -0.2) is 23.9 Å². The lowest BCUT2D eigenvalue weighted by atomic mass is 10.1. The summed E-state index contributed by atoms with van der Waals surface area (Å²) in [6.07, 6.45) is 1.35. The molecule has 0 aliphatic carbocycles. The molecule has 0 aliphatic rings. The second kappa shape index (κ2) is 7.64. The Morgan fingerprint density at radius 1 is 1.50 bits per heavy atom. The van der Waals surface area contributed by atoms with Crippen molar-refractivity contribution in [1.29, 1.82) is 5.26 Å². The fourth-order valence-electron chi connectivity index (χ4n) is 1.99. The van der Waals surface area contributed by atoms with Crippen molar-refractivity contribution < 1.29 is 19.1 Å². The number of rotatable bonds is 4. The minimum Gasteiger partial charge on any atom is -0.506 e. The predicted octanol–water partition coefficient (Wildman–Crippen LogP) is 4.62. The Morgan fingerprint density at radius 2 is 2.21 bits per heavy atom. The van der Waals surface area contributed by atoms with Gasteiger partial charge in [0.15, 0.2) is 0 Å². The smallest absolute Gasteiger partial charge is 0.343 e. The molecule has 0 radical (unpaired) electrons. The molecule has 0 atom stereocenters. The second-order valence-electron chi connectivity index (χ2n) is 4.63. The van der Waals surface area contributed by atoms with E-state index >= 15 is 0 Å². The number of phenols is 1. The topological polar surface area (TPSA) is 95.8 Å². The van der Waals surface area contributed by atoms with Gasteiger partial charge in [-0.2, -0.15) is 5.26 Å². The number of halogens is 2. The van der Waals surface area contributed by atoms with Crippen LogP contribution >= 0.6 is 31.9 Å². The first-order valence-electron chi connectivity index (χ1n) is 6.81. The van der Waals surface area contributed by atoms with Crippen molar-refractivity contribution in [2.24, 2.45) is 4.99 Å². The van der Waals surface area contributed by atoms with Gasteiger partial charge in [0.05, 0.1) is 11.1 Å². The van der Waals surface area contributed by atoms with Gasteiger partial charge in [-0.25, -0.2) is 9.79 Å². The maximum Gasteiger partial charge on any atom is 0.343 e. The molecule has 1 aromatic carbocycles. The van der Waals surface area contributed by atoms with Crippen LogP contribution in [0.25, 0.3) is 0 Å². The molecule has 0 spiro atoms. The summed E-state index contributed by atoms with van der Waals surface area (Å²) in [5.74, 6) is -0.413. The van der Waals surface area contributed by atoms with Gasteiger partial charge in [0.1, 0.15) is 28.7 Å². The minimum absolute atomic E-state index is 0.00393. The molecule has 24 heavy (non-hydrogen) atoms. The van der Waals surface area contributed by atoms with E-state index in [1.807, 2.05) is 6.07 Å². The monoisotopic (exact) mass is 454 g/mol. The average Bonchev–Trinajstić information content (AvgIpc) is 2.85. The molecule has 0 saturated heterocycles. The molecule has 0 bridgehead atoms. The van der Waals surface area contributed by atoms with Crippen LogP contribution in [0.5, 0.6) is 5.75 Å². The Labute approximate surface area is 155 Å². The van der Waals surface area contributed by atoms with E-state index in [0.29, 0.717) is 10.0 Å². The predicted molar refractivity (Wildman–Crippen MR) is 94.9 cm³/mol. The molecule has 1 heterocycles. The highest BCUT2D eigenvalue weighted by atomic mass is 79.9. The maximum absolute atomic E-state index is 11.9. The first-order valence-corrected chi connectivity index (χ1v) is 8.40. The fourth-order valence-corrected chi connectivity index (χ4v) is 3.24. The van der Waals surface area contributed by atoms with E-state index in [0.717, 1.165) is 4.47 Å². The van der Waals surface area contributed by atoms with Gasteiger partial charge in [-0.3, -0.25) is 0 Å². The first-order chi connectivity index (χ1) is 11.4. The summed E-state index contributed by atoms with van der Waals surface area (Å²) in [5.41, 5.74) is 0.466. The summed E-state index contributed by atoms with van der Waals surface area (Å²) < 4.78 is 11.5. The molecule has 1 aromatic heterocycles. The van der Waals surface area contributed by atoms with E-state index in [1.165, 1.54) is 6.21 Å². The number of ether oxygens (including phenoxy) is 1. The Balaban J connectivity index is 2.46. The van der Waals surface area contributed by atoms with Crippen LogP contribution in [0.4, 0.5) is 5.88 Å². The highest BCUT2D eigenvalue weighted by Crippen LogP contribution is 2.32. The molecule has 124 valence electrons. The largest absolute Gasteiger partial charge is 0.506 e. The van der Waals surface area contributed by atoms with E-state index in [9.17, 15) is 15.2 Å². The van der Waals surface area contributed by atoms with Gasteiger partial charge < -0.3 is 14.3 Å². The summed E-state index contributed by atoms with van der Waals surface area (Å²) in [5, 5.41) is 19.3. The normalized spacial score (nSPS) is 10.8. The number of esters is 1. The molecule has 6 nitrogen and oxygen atoms in total. The van der Waals surface area contributed by atoms with Crippen molar-refractivity contribution in [2.45, 2.75) is 13.8 Å². The Kier molecular flexibility index (Phi) is 5.80. The van der Waals surface area contributed by atoms with Gasteiger partial charge >= 0.3 is 5.97 Å². The number of benzene rings is 1. The molecule has 0 unspecified atom stereocenters. The second-order valence-corrected chi connectivity index (χ2v) is 6.40. The van der Waals surface area contributed by atoms with Crippen LogP contribution in [0, 0.1) is 18.3 Å². The molecule has 0 fully saturated rings. The van der Waals surface area contributed by atoms with Crippen molar-refractivity contribution in [3.8, 4) is 11.8 Å². The van der Waals surface area contributed by atoms with Gasteiger partial charge in [-0.05, 0) is 41.9 Å². The lowest BCUT2D eigenvalue weighted by Gasteiger charge is -2.02. The Bertz CT molecular complexity index is 866. The van der Waals surface area contributed by atoms with Crippen molar-refractivity contribution in [3.05, 3.63) is 43.5 Å². The SMILES string of the molecule is CCOC(=O)c1c(C)oc(/N=C/c2cc(Br)cc(Br)c2O)c1C#N. The van der Waals surface area contributed by atoms with E-state index < -0.39 is 5.97 Å². The molecule has 0 saturated carbocycles. The molecular weight excluding hydrogens is 444 g/mol. The molecule has 8 heteroatoms. The van der Waals surface area contributed by atoms with Crippen LogP contribution in [-0.2, 0) is 4.74 Å². The molecule has 0 aliphatic heterocycles. The lowest BCUT2D eigenvalue weighted by Crippen LogP contribution is -2.06. The number of carbonyl (C=O) groups excluding carboxylic acids is 1. The van der Waals surface area contributed by atoms with Crippen molar-refractivity contribution in [3.63, 3.8) is 0 Å². The number of hydrogen-bond acceptors (Lipinski definition) is 6. The van der Waals surface area contributed by atoms with Crippen LogP contribution in [0.1, 0.15) is 34.2 Å². The molecule has 2 rings (SSSR count). The quantitative estimate of drug-likeness (QED) is 0.536. The number of phenolic OH excluding ortho intramolecular Hbond substituents is 1. The summed E-state index contributed by atoms with van der Waals surface area (Å²) in [4.78, 5) is 16.0. The minimum atomic E-state index is -0.634. The van der Waals surface area contributed by atoms with Crippen LogP contribution < -0.4 is 0 Å². The number of carbonyl (C=O) groups is 1. The number of furan rings is 1. The van der Waals surface area contributed by atoms with Crippen LogP contribution in [0.2, 0.25) is 0 Å². The third kappa shape index (κ3) is 3.68. The zero-order chi connectivity index (χ0) is 17.9. The van der Waals surface area contributed by atoms with E-state index in [4.69, 9.17) is 9.15 Å². The van der Waals surface area contributed by atoms with Crippen LogP contribution in [0.15, 0.2) is 30.5 Å². The molecule has 1 N–H and O–H groups in total. The van der Waals surface area contributed by atoms with Gasteiger partial charge in [0, 0.05) is 16.3 Å². The third-order valence-corrected chi connectivity index (χ3v) is 4.10. The number of nitriles is 1. The Morgan fingerprint density at radius 3 is 2.83 bits per heavy atom. The van der Waals surface area contributed by atoms with Crippen LogP contribution in [0.3, 0.4) is 0 Å².